The highest BCUT2D eigenvalue weighted by Gasteiger charge is 2.47. The Labute approximate surface area is 875 Å². The first-order valence-corrected chi connectivity index (χ1v) is 51.6. The zero-order valence-electron chi connectivity index (χ0n) is 89.2. The lowest BCUT2D eigenvalue weighted by Crippen LogP contribution is -2.35. The van der Waals surface area contributed by atoms with E-state index in [0.29, 0.717) is 39.6 Å². The first-order valence-electron chi connectivity index (χ1n) is 47.3. The standard InChI is InChI=1S/C17H23BrO4.C17H24O4.C16H23BrO2.C15H19BrO3.C15H20O3.C14H19BrO.C14H20O.2C2H5ClO.CH4/c1-16(2)6-7-17(3,4)12-11(16)8-10(15(19)20)14(13(12)18)22-9-21-5;1-16(2)6-7-17(3,4)13-9-14(21-10-20-5)11(15(18)19)8-12(13)16;1-15(2)6-7-16(3,4)12-9-14(19-10-18-5)13(17)8-11(12)15;1-14(2)5-6-15(3,4)10-9(14)7-8(13(18)19)12(17)11(10)16;1-14(2)5-6-15(3,4)11-8-12(16)9(13(17)18)7-10(11)14;1-13(2)5-6-14(3,4)10-8-12(16)11(15)7-9(10)13;1-13(2)7-8-14(3,4)12-9-10(15)5-6-11(12)13;2*1-4-2-3;/h8H,6-7,9H2,1-5H3,(H,19,20);8-9H,6-7,10H2,1-5H3,(H,18,19);8-9H,6-7,10H2,1-5H3;7,17H,5-6H2,1-4H3,(H,18,19);7-8,16H,5-6H2,1-4H3,(H,17,18);7-8,16H,5-6H2,1-4H3;5-6,9,15H,7-8H2,1-4H3;2*2H2,1H3;1H4/p+1. The van der Waals surface area contributed by atoms with E-state index in [-0.39, 0.29) is 139 Å². The summed E-state index contributed by atoms with van der Waals surface area (Å²) >= 11 is 24.0. The Morgan fingerprint density at radius 1 is 0.288 bits per heavy atom. The minimum atomic E-state index is -1.10. The molecule has 0 atom stereocenters. The summed E-state index contributed by atoms with van der Waals surface area (Å²) in [5, 5.41) is 76.7. The summed E-state index contributed by atoms with van der Waals surface area (Å²) in [4.78, 5) is 45.5. The number of aromatic carboxylic acids is 4. The number of benzene rings is 7. The molecular formula is C113H163Br4Cl2O20+. The third kappa shape index (κ3) is 29.4. The second kappa shape index (κ2) is 47.7. The van der Waals surface area contributed by atoms with Crippen LogP contribution in [-0.2, 0) is 99.5 Å². The Hall–Kier alpha value is -6.68. The molecule has 7 aromatic carbocycles. The molecule has 0 aliphatic heterocycles. The number of phenolic OH excluding ortho intramolecular Hbond substituents is 2. The number of hydrogen-bond acceptors (Lipinski definition) is 16. The number of carbonyl (C=O) groups is 4. The Morgan fingerprint density at radius 3 is 0.885 bits per heavy atom. The maximum atomic E-state index is 11.7. The van der Waals surface area contributed by atoms with Gasteiger partial charge in [0.25, 0.3) is 0 Å². The van der Waals surface area contributed by atoms with Crippen molar-refractivity contribution in [2.75, 3.05) is 68.1 Å². The van der Waals surface area contributed by atoms with Gasteiger partial charge < -0.3 is 78.7 Å². The van der Waals surface area contributed by atoms with Gasteiger partial charge in [0.2, 0.25) is 0 Å². The zero-order chi connectivity index (χ0) is 105. The third-order valence-electron chi connectivity index (χ3n) is 29.7. The van der Waals surface area contributed by atoms with Crippen LogP contribution in [0.2, 0.25) is 0 Å². The van der Waals surface area contributed by atoms with Crippen LogP contribution in [0.25, 0.3) is 0 Å². The fraction of sp³-hybridized carbons (Fsp3) is 0.593. The van der Waals surface area contributed by atoms with Crippen LogP contribution in [0.5, 0.6) is 40.2 Å². The van der Waals surface area contributed by atoms with Crippen LogP contribution in [0, 0.1) is 0 Å². The summed E-state index contributed by atoms with van der Waals surface area (Å²) in [5.74, 6) is -2.10. The second-order valence-corrected chi connectivity index (χ2v) is 50.5. The van der Waals surface area contributed by atoms with Crippen molar-refractivity contribution in [1.29, 1.82) is 0 Å². The summed E-state index contributed by atoms with van der Waals surface area (Å²) in [7, 11) is 7.77. The van der Waals surface area contributed by atoms with Crippen LogP contribution in [-0.4, -0.2) is 133 Å². The molecule has 26 heteroatoms. The van der Waals surface area contributed by atoms with E-state index in [2.05, 4.69) is 291 Å². The molecule has 0 saturated heterocycles. The number of ether oxygens (including phenoxy) is 8. The number of rotatable bonds is 15. The van der Waals surface area contributed by atoms with Gasteiger partial charge in [-0.3, -0.25) is 0 Å². The van der Waals surface area contributed by atoms with Gasteiger partial charge in [-0.05, 0) is 380 Å². The maximum Gasteiger partial charge on any atom is 1.00 e. The topological polar surface area (TPSA) is 304 Å². The Bertz CT molecular complexity index is 5440. The number of carboxylic acid groups (broad SMARTS) is 4. The molecule has 0 spiro atoms. The van der Waals surface area contributed by atoms with Gasteiger partial charge in [0.05, 0.1) is 17.9 Å². The molecule has 0 heterocycles. The SMILES string of the molecule is C.CC1(C)CCC(C)(C)c2c1cc(C(=O)O)c(O)c2Br.CC1(C)CCC(C)(C)c2cc(Br)c(O)cc21.CC1(C)CCC(C)(C)c2cc(C(=O)O)c(O)cc21.CC1(C)CCC(C)(C)c2cc(O)ccc21.COCCl.COCCl.COCOc1c(C(=O)O)cc2c(c1Br)C(C)(C)CCC2(C)C.COCOc1cc2c(cc1Br)C(C)(C)CCC2(C)C.COCOc1cc2c(cc1C(=O)O)C(C)(C)CCC2(C)C.[H+]. The number of halogens is 6. The third-order valence-corrected chi connectivity index (χ3v) is 33.0. The van der Waals surface area contributed by atoms with Crippen molar-refractivity contribution < 1.29 is 99.4 Å². The van der Waals surface area contributed by atoms with E-state index in [0.717, 1.165) is 109 Å². The van der Waals surface area contributed by atoms with Crippen LogP contribution in [0.3, 0.4) is 0 Å². The summed E-state index contributed by atoms with van der Waals surface area (Å²) in [6.45, 7) is 62.3. The van der Waals surface area contributed by atoms with E-state index in [4.69, 9.17) is 56.7 Å². The van der Waals surface area contributed by atoms with Crippen molar-refractivity contribution in [3.8, 4) is 40.2 Å². The molecule has 14 rings (SSSR count). The van der Waals surface area contributed by atoms with Gasteiger partial charge in [0.15, 0.2) is 26.1 Å². The quantitative estimate of drug-likeness (QED) is 0.0349. The smallest absolute Gasteiger partial charge is 0.508 e. The number of methoxy groups -OCH3 is 5. The number of aromatic hydroxyl groups is 4. The molecule has 7 aliphatic rings. The number of phenols is 4. The fourth-order valence-corrected chi connectivity index (χ4v) is 22.6. The van der Waals surface area contributed by atoms with E-state index in [1.807, 2.05) is 24.3 Å². The zero-order valence-corrected chi connectivity index (χ0v) is 96.0. The first kappa shape index (κ1) is 123. The largest absolute Gasteiger partial charge is 1.00 e. The van der Waals surface area contributed by atoms with E-state index >= 15 is 0 Å². The number of alkyl halides is 2. The highest BCUT2D eigenvalue weighted by atomic mass is 79.9. The van der Waals surface area contributed by atoms with Crippen molar-refractivity contribution in [1.82, 2.24) is 0 Å². The Balaban J connectivity index is 0.000000336. The molecular weight excluding hydrogens is 2070 g/mol. The molecule has 0 radical (unpaired) electrons. The normalized spacial score (nSPS) is 19.2. The van der Waals surface area contributed by atoms with Gasteiger partial charge in [0, 0.05) is 35.5 Å². The predicted molar refractivity (Wildman–Crippen MR) is 578 cm³/mol. The van der Waals surface area contributed by atoms with Gasteiger partial charge in [-0.25, -0.2) is 19.2 Å². The van der Waals surface area contributed by atoms with Gasteiger partial charge in [-0.15, -0.1) is 0 Å². The van der Waals surface area contributed by atoms with Crippen LogP contribution in [0.1, 0.15) is 412 Å². The monoisotopic (exact) mass is 2230 g/mol. The highest BCUT2D eigenvalue weighted by Crippen LogP contribution is 2.58. The molecule has 0 bridgehead atoms. The Kier molecular flexibility index (Phi) is 42.1. The van der Waals surface area contributed by atoms with Crippen LogP contribution in [0.15, 0.2) is 96.8 Å². The van der Waals surface area contributed by atoms with Crippen LogP contribution >= 0.6 is 86.9 Å². The van der Waals surface area contributed by atoms with E-state index in [9.17, 15) is 54.9 Å². The molecule has 0 fully saturated rings. The summed E-state index contributed by atoms with van der Waals surface area (Å²) < 4.78 is 43.2. The molecule has 20 nitrogen and oxygen atoms in total. The number of carboxylic acids is 4. The van der Waals surface area contributed by atoms with Crippen LogP contribution < -0.4 is 14.2 Å². The summed E-state index contributed by atoms with van der Waals surface area (Å²) in [6.07, 6.45) is 15.5. The van der Waals surface area contributed by atoms with E-state index < -0.39 is 23.9 Å². The number of hydrogen-bond donors (Lipinski definition) is 8. The lowest BCUT2D eigenvalue weighted by molar-refractivity contribution is 0.0472. The summed E-state index contributed by atoms with van der Waals surface area (Å²) in [5.41, 5.74) is 18.2. The van der Waals surface area contributed by atoms with Crippen molar-refractivity contribution in [3.05, 3.63) is 197 Å². The van der Waals surface area contributed by atoms with Crippen LogP contribution in [0.4, 0.5) is 0 Å². The van der Waals surface area contributed by atoms with Gasteiger partial charge in [-0.1, -0.05) is 231 Å². The molecule has 8 N–H and O–H groups in total. The Morgan fingerprint density at radius 2 is 0.540 bits per heavy atom. The van der Waals surface area contributed by atoms with E-state index in [1.54, 1.807) is 51.7 Å². The second-order valence-electron chi connectivity index (χ2n) is 46.8. The van der Waals surface area contributed by atoms with Crippen molar-refractivity contribution in [2.24, 2.45) is 0 Å². The van der Waals surface area contributed by atoms with Crippen molar-refractivity contribution in [2.45, 2.75) is 367 Å². The van der Waals surface area contributed by atoms with Gasteiger partial charge in [-0.2, -0.15) is 0 Å². The average Bonchev–Trinajstić information content (AvgIpc) is 0.733. The van der Waals surface area contributed by atoms with Gasteiger partial charge in [0.1, 0.15) is 68.9 Å². The average molecular weight is 2230 g/mol. The summed E-state index contributed by atoms with van der Waals surface area (Å²) in [6, 6.07) is 25.2. The molecule has 776 valence electrons. The molecule has 0 unspecified atom stereocenters. The lowest BCUT2D eigenvalue weighted by Gasteiger charge is -2.43. The molecule has 7 aromatic rings. The molecule has 0 aromatic heterocycles. The fourth-order valence-electron chi connectivity index (χ4n) is 19.7. The van der Waals surface area contributed by atoms with Crippen molar-refractivity contribution in [3.63, 3.8) is 0 Å². The van der Waals surface area contributed by atoms with E-state index in [1.165, 1.54) is 91.7 Å². The molecule has 0 saturated carbocycles. The predicted octanol–water partition coefficient (Wildman–Crippen LogP) is 31.3. The minimum Gasteiger partial charge on any atom is -0.508 e. The molecule has 0 amide bonds. The minimum absolute atomic E-state index is 0. The molecule has 7 aliphatic carbocycles. The van der Waals surface area contributed by atoms with Crippen molar-refractivity contribution >= 4 is 111 Å². The number of fused-ring (bicyclic) bond motifs is 7. The maximum absolute atomic E-state index is 11.7. The van der Waals surface area contributed by atoms with Gasteiger partial charge >= 0.3 is 25.3 Å². The first-order chi connectivity index (χ1) is 63.2. The highest BCUT2D eigenvalue weighted by molar-refractivity contribution is 9.11. The molecule has 139 heavy (non-hydrogen) atoms. The lowest BCUT2D eigenvalue weighted by atomic mass is 9.63.